The number of rotatable bonds is 10. The predicted octanol–water partition coefficient (Wildman–Crippen LogP) is 5.76. The minimum atomic E-state index is -0.907. The summed E-state index contributed by atoms with van der Waals surface area (Å²) in [4.78, 5) is 32.2. The van der Waals surface area contributed by atoms with Gasteiger partial charge in [0.2, 0.25) is 0 Å². The highest BCUT2D eigenvalue weighted by Gasteiger charge is 2.46. The summed E-state index contributed by atoms with van der Waals surface area (Å²) < 4.78 is 13.4. The lowest BCUT2D eigenvalue weighted by Crippen LogP contribution is -2.31. The number of aromatic hydroxyl groups is 1. The van der Waals surface area contributed by atoms with Crippen LogP contribution < -0.4 is 9.47 Å². The SMILES string of the molecule is COc1cc(C2C(=C(O)c3ccc(OCc4cccc(C)c4)cc3)C(=O)C(=O)N2CCCn2ccnc2)cc(Br)c1O. The summed E-state index contributed by atoms with van der Waals surface area (Å²) in [5.41, 5.74) is 2.99. The van der Waals surface area contributed by atoms with Gasteiger partial charge in [0.05, 0.1) is 29.5 Å². The number of hydrogen-bond acceptors (Lipinski definition) is 7. The lowest BCUT2D eigenvalue weighted by atomic mass is 9.95. The normalized spacial score (nSPS) is 16.2. The van der Waals surface area contributed by atoms with Crippen LogP contribution in [0.25, 0.3) is 5.76 Å². The van der Waals surface area contributed by atoms with E-state index in [1.165, 1.54) is 12.0 Å². The summed E-state index contributed by atoms with van der Waals surface area (Å²) >= 11 is 3.34. The zero-order chi connectivity index (χ0) is 29.8. The number of imidazole rings is 1. The summed E-state index contributed by atoms with van der Waals surface area (Å²) in [6.07, 6.45) is 5.72. The van der Waals surface area contributed by atoms with Gasteiger partial charge in [-0.15, -0.1) is 0 Å². The van der Waals surface area contributed by atoms with Gasteiger partial charge in [-0.3, -0.25) is 9.59 Å². The third-order valence-electron chi connectivity index (χ3n) is 7.12. The number of aryl methyl sites for hydroxylation is 2. The van der Waals surface area contributed by atoms with Crippen LogP contribution in [0.5, 0.6) is 17.2 Å². The van der Waals surface area contributed by atoms with Crippen LogP contribution in [0.1, 0.15) is 34.7 Å². The van der Waals surface area contributed by atoms with Crippen molar-refractivity contribution >= 4 is 33.4 Å². The van der Waals surface area contributed by atoms with Gasteiger partial charge in [-0.25, -0.2) is 4.98 Å². The van der Waals surface area contributed by atoms with Crippen LogP contribution in [-0.2, 0) is 22.7 Å². The van der Waals surface area contributed by atoms with Crippen molar-refractivity contribution in [2.75, 3.05) is 13.7 Å². The molecule has 0 aliphatic carbocycles. The molecular weight excluding hydrogens is 602 g/mol. The van der Waals surface area contributed by atoms with Crippen LogP contribution in [0, 0.1) is 6.92 Å². The van der Waals surface area contributed by atoms with Gasteiger partial charge in [-0.05, 0) is 76.8 Å². The van der Waals surface area contributed by atoms with E-state index in [4.69, 9.17) is 9.47 Å². The number of methoxy groups -OCH3 is 1. The Labute approximate surface area is 251 Å². The Hall–Kier alpha value is -4.57. The van der Waals surface area contributed by atoms with Crippen LogP contribution in [0.15, 0.2) is 89.4 Å². The highest BCUT2D eigenvalue weighted by molar-refractivity contribution is 9.10. The number of hydrogen-bond donors (Lipinski definition) is 2. The van der Waals surface area contributed by atoms with Crippen LogP contribution in [0.2, 0.25) is 0 Å². The van der Waals surface area contributed by atoms with Gasteiger partial charge >= 0.3 is 0 Å². The Balaban J connectivity index is 1.47. The Bertz CT molecular complexity index is 1630. The van der Waals surface area contributed by atoms with Gasteiger partial charge in [-0.1, -0.05) is 29.8 Å². The molecule has 4 aromatic rings. The number of aliphatic hydroxyl groups is 1. The van der Waals surface area contributed by atoms with Gasteiger partial charge in [-0.2, -0.15) is 0 Å². The second-order valence-electron chi connectivity index (χ2n) is 10.0. The number of carbonyl (C=O) groups excluding carboxylic acids is 2. The molecule has 216 valence electrons. The molecule has 1 fully saturated rings. The van der Waals surface area contributed by atoms with Gasteiger partial charge < -0.3 is 29.2 Å². The molecule has 1 aliphatic rings. The molecule has 1 amide bonds. The molecule has 0 bridgehead atoms. The number of phenolic OH excluding ortho intramolecular Hbond substituents is 1. The first-order valence-electron chi connectivity index (χ1n) is 13.4. The summed E-state index contributed by atoms with van der Waals surface area (Å²) in [5.74, 6) is -1.16. The van der Waals surface area contributed by atoms with E-state index in [0.717, 1.165) is 11.1 Å². The molecule has 10 heteroatoms. The van der Waals surface area contributed by atoms with E-state index in [1.54, 1.807) is 48.9 Å². The number of aliphatic hydroxyl groups excluding tert-OH is 1. The van der Waals surface area contributed by atoms with Crippen LogP contribution in [-0.4, -0.2) is 50.0 Å². The number of nitrogens with zero attached hydrogens (tertiary/aromatic N) is 3. The molecule has 5 rings (SSSR count). The zero-order valence-electron chi connectivity index (χ0n) is 23.2. The van der Waals surface area contributed by atoms with E-state index in [2.05, 4.69) is 20.9 Å². The maximum atomic E-state index is 13.4. The Morgan fingerprint density at radius 1 is 1.07 bits per heavy atom. The third kappa shape index (κ3) is 6.03. The van der Waals surface area contributed by atoms with Crippen LogP contribution >= 0.6 is 15.9 Å². The maximum Gasteiger partial charge on any atom is 0.295 e. The number of aromatic nitrogens is 2. The Morgan fingerprint density at radius 3 is 2.55 bits per heavy atom. The molecular formula is C32H30BrN3O6. The van der Waals surface area contributed by atoms with Crippen molar-refractivity contribution < 1.29 is 29.3 Å². The molecule has 42 heavy (non-hydrogen) atoms. The van der Waals surface area contributed by atoms with Crippen LogP contribution in [0.4, 0.5) is 0 Å². The molecule has 1 saturated heterocycles. The fourth-order valence-corrected chi connectivity index (χ4v) is 5.50. The lowest BCUT2D eigenvalue weighted by Gasteiger charge is -2.26. The Kier molecular flexibility index (Phi) is 8.63. The smallest absolute Gasteiger partial charge is 0.295 e. The van der Waals surface area contributed by atoms with Crippen LogP contribution in [0.3, 0.4) is 0 Å². The van der Waals surface area contributed by atoms with E-state index in [9.17, 15) is 19.8 Å². The standard InChI is InChI=1S/C32H30BrN3O6/c1-20-5-3-6-21(15-20)18-42-24-9-7-22(8-10-24)29(37)27-28(23-16-25(33)30(38)26(17-23)41-2)36(32(40)31(27)39)13-4-12-35-14-11-34-19-35/h3,5-11,14-17,19,28,37-38H,4,12-13,18H2,1-2H3. The van der Waals surface area contributed by atoms with Crippen molar-refractivity contribution in [3.05, 3.63) is 112 Å². The predicted molar refractivity (Wildman–Crippen MR) is 160 cm³/mol. The number of ketones is 1. The minimum Gasteiger partial charge on any atom is -0.507 e. The number of halogens is 1. The van der Waals surface area contributed by atoms with E-state index < -0.39 is 17.7 Å². The lowest BCUT2D eigenvalue weighted by molar-refractivity contribution is -0.139. The van der Waals surface area contributed by atoms with E-state index in [0.29, 0.717) is 40.9 Å². The van der Waals surface area contributed by atoms with Gasteiger partial charge in [0, 0.05) is 31.0 Å². The van der Waals surface area contributed by atoms with Gasteiger partial charge in [0.15, 0.2) is 11.5 Å². The number of phenols is 1. The molecule has 1 unspecified atom stereocenters. The van der Waals surface area contributed by atoms with Crippen molar-refractivity contribution in [2.24, 2.45) is 0 Å². The molecule has 0 spiro atoms. The van der Waals surface area contributed by atoms with Crippen molar-refractivity contribution in [2.45, 2.75) is 32.5 Å². The zero-order valence-corrected chi connectivity index (χ0v) is 24.7. The Morgan fingerprint density at radius 2 is 1.86 bits per heavy atom. The number of benzene rings is 3. The molecule has 0 radical (unpaired) electrons. The molecule has 3 aromatic carbocycles. The fraction of sp³-hybridized carbons (Fsp3) is 0.219. The number of amides is 1. The average Bonchev–Trinajstić information content (AvgIpc) is 3.60. The monoisotopic (exact) mass is 631 g/mol. The van der Waals surface area contributed by atoms with Crippen molar-refractivity contribution in [3.63, 3.8) is 0 Å². The largest absolute Gasteiger partial charge is 0.507 e. The second-order valence-corrected chi connectivity index (χ2v) is 10.9. The van der Waals surface area contributed by atoms with E-state index >= 15 is 0 Å². The summed E-state index contributed by atoms with van der Waals surface area (Å²) in [6, 6.07) is 17.0. The molecule has 1 atom stereocenters. The highest BCUT2D eigenvalue weighted by Crippen LogP contribution is 2.44. The minimum absolute atomic E-state index is 0.0456. The van der Waals surface area contributed by atoms with E-state index in [1.807, 2.05) is 42.0 Å². The number of ether oxygens (including phenoxy) is 2. The molecule has 1 aliphatic heterocycles. The van der Waals surface area contributed by atoms with Gasteiger partial charge in [0.25, 0.3) is 11.7 Å². The molecule has 2 N–H and O–H groups in total. The molecule has 1 aromatic heterocycles. The van der Waals surface area contributed by atoms with Crippen molar-refractivity contribution in [1.82, 2.24) is 14.5 Å². The second kappa shape index (κ2) is 12.5. The van der Waals surface area contributed by atoms with Crippen molar-refractivity contribution in [3.8, 4) is 17.2 Å². The summed E-state index contributed by atoms with van der Waals surface area (Å²) in [6.45, 7) is 3.23. The first-order chi connectivity index (χ1) is 20.3. The number of carbonyl (C=O) groups is 2. The third-order valence-corrected chi connectivity index (χ3v) is 7.72. The average molecular weight is 633 g/mol. The summed E-state index contributed by atoms with van der Waals surface area (Å²) in [7, 11) is 1.41. The quantitative estimate of drug-likeness (QED) is 0.130. The molecule has 2 heterocycles. The number of Topliss-reactive ketones (excluding diaryl/α,β-unsaturated/α-hetero) is 1. The first kappa shape index (κ1) is 28.9. The number of likely N-dealkylation sites (tertiary alicyclic amines) is 1. The topological polar surface area (TPSA) is 114 Å². The van der Waals surface area contributed by atoms with Gasteiger partial charge in [0.1, 0.15) is 18.1 Å². The highest BCUT2D eigenvalue weighted by atomic mass is 79.9. The summed E-state index contributed by atoms with van der Waals surface area (Å²) in [5, 5.41) is 21.8. The van der Waals surface area contributed by atoms with Crippen molar-refractivity contribution in [1.29, 1.82) is 0 Å². The molecule has 0 saturated carbocycles. The fourth-order valence-electron chi connectivity index (χ4n) is 5.04. The maximum absolute atomic E-state index is 13.4. The molecule has 9 nitrogen and oxygen atoms in total. The van der Waals surface area contributed by atoms with E-state index in [-0.39, 0.29) is 29.4 Å². The first-order valence-corrected chi connectivity index (χ1v) is 14.2.